The van der Waals surface area contributed by atoms with E-state index in [2.05, 4.69) is 53.1 Å². The van der Waals surface area contributed by atoms with E-state index in [9.17, 15) is 10.5 Å². The van der Waals surface area contributed by atoms with Gasteiger partial charge in [0.25, 0.3) is 5.95 Å². The SMILES string of the molecule is CNc1nc(Nc2ccc(C)cc2)c(C#N)c(C)c1/N=N/c1c(C#N)c(C)nn1-c1ncccn1. The van der Waals surface area contributed by atoms with Crippen molar-refractivity contribution >= 4 is 28.8 Å². The first kappa shape index (κ1) is 23.0. The number of benzene rings is 1. The number of aryl methyl sites for hydroxylation is 2. The zero-order valence-electron chi connectivity index (χ0n) is 19.6. The van der Waals surface area contributed by atoms with Crippen LogP contribution in [0, 0.1) is 43.4 Å². The summed E-state index contributed by atoms with van der Waals surface area (Å²) in [5.74, 6) is 1.24. The maximum atomic E-state index is 9.88. The number of pyridine rings is 1. The fourth-order valence-corrected chi connectivity index (χ4v) is 3.37. The average Bonchev–Trinajstić information content (AvgIpc) is 3.20. The van der Waals surface area contributed by atoms with Crippen molar-refractivity contribution in [3.8, 4) is 18.1 Å². The first-order chi connectivity index (χ1) is 17.0. The van der Waals surface area contributed by atoms with E-state index >= 15 is 0 Å². The monoisotopic (exact) mass is 463 g/mol. The third-order valence-corrected chi connectivity index (χ3v) is 5.21. The molecule has 0 radical (unpaired) electrons. The van der Waals surface area contributed by atoms with Gasteiger partial charge in [-0.15, -0.1) is 10.2 Å². The zero-order chi connectivity index (χ0) is 24.9. The lowest BCUT2D eigenvalue weighted by Crippen LogP contribution is -2.04. The number of nitrogens with zero attached hydrogens (tertiary/aromatic N) is 9. The van der Waals surface area contributed by atoms with Gasteiger partial charge in [0.15, 0.2) is 17.5 Å². The van der Waals surface area contributed by atoms with Gasteiger partial charge in [-0.2, -0.15) is 20.3 Å². The fraction of sp³-hybridized carbons (Fsp3) is 0.167. The van der Waals surface area contributed by atoms with Crippen LogP contribution in [0.5, 0.6) is 0 Å². The Labute approximate surface area is 201 Å². The minimum atomic E-state index is 0.179. The molecule has 0 saturated heterocycles. The molecule has 172 valence electrons. The molecule has 3 aromatic heterocycles. The van der Waals surface area contributed by atoms with Crippen molar-refractivity contribution in [3.05, 3.63) is 70.7 Å². The molecule has 0 saturated carbocycles. The van der Waals surface area contributed by atoms with Crippen molar-refractivity contribution in [1.82, 2.24) is 24.7 Å². The van der Waals surface area contributed by atoms with Crippen molar-refractivity contribution in [3.63, 3.8) is 0 Å². The molecule has 1 aromatic carbocycles. The summed E-state index contributed by atoms with van der Waals surface area (Å²) in [6, 6.07) is 13.8. The van der Waals surface area contributed by atoms with Gasteiger partial charge in [-0.1, -0.05) is 17.7 Å². The van der Waals surface area contributed by atoms with Gasteiger partial charge in [0.05, 0.1) is 11.3 Å². The van der Waals surface area contributed by atoms with Crippen molar-refractivity contribution in [1.29, 1.82) is 10.5 Å². The second kappa shape index (κ2) is 9.77. The Hall–Kier alpha value is -5.16. The van der Waals surface area contributed by atoms with Crippen molar-refractivity contribution in [2.75, 3.05) is 17.7 Å². The van der Waals surface area contributed by atoms with E-state index < -0.39 is 0 Å². The van der Waals surface area contributed by atoms with E-state index in [-0.39, 0.29) is 17.3 Å². The van der Waals surface area contributed by atoms with Gasteiger partial charge in [-0.3, -0.25) is 0 Å². The van der Waals surface area contributed by atoms with E-state index in [4.69, 9.17) is 0 Å². The lowest BCUT2D eigenvalue weighted by molar-refractivity contribution is 0.792. The summed E-state index contributed by atoms with van der Waals surface area (Å²) >= 11 is 0. The summed E-state index contributed by atoms with van der Waals surface area (Å²) in [6.45, 7) is 5.47. The summed E-state index contributed by atoms with van der Waals surface area (Å²) in [7, 11) is 1.70. The highest BCUT2D eigenvalue weighted by Crippen LogP contribution is 2.36. The molecular formula is C24H21N11. The number of azo groups is 1. The van der Waals surface area contributed by atoms with Gasteiger partial charge < -0.3 is 10.6 Å². The Balaban J connectivity index is 1.81. The summed E-state index contributed by atoms with van der Waals surface area (Å²) in [6.07, 6.45) is 3.14. The second-order valence-corrected chi connectivity index (χ2v) is 7.57. The Kier molecular flexibility index (Phi) is 6.42. The lowest BCUT2D eigenvalue weighted by Gasteiger charge is -2.14. The van der Waals surface area contributed by atoms with E-state index in [1.54, 1.807) is 39.4 Å². The fourth-order valence-electron chi connectivity index (χ4n) is 3.37. The number of nitrogens with one attached hydrogen (secondary N) is 2. The molecule has 11 heteroatoms. The molecular weight excluding hydrogens is 442 g/mol. The number of nitriles is 2. The predicted molar refractivity (Wildman–Crippen MR) is 130 cm³/mol. The van der Waals surface area contributed by atoms with Crippen LogP contribution in [0.15, 0.2) is 53.0 Å². The van der Waals surface area contributed by atoms with Gasteiger partial charge in [0.1, 0.15) is 23.4 Å². The van der Waals surface area contributed by atoms with E-state index in [1.807, 2.05) is 31.2 Å². The van der Waals surface area contributed by atoms with Gasteiger partial charge >= 0.3 is 0 Å². The Morgan fingerprint density at radius 1 is 0.914 bits per heavy atom. The molecule has 2 N–H and O–H groups in total. The molecule has 0 fully saturated rings. The molecule has 35 heavy (non-hydrogen) atoms. The molecule has 11 nitrogen and oxygen atoms in total. The molecule has 0 aliphatic rings. The lowest BCUT2D eigenvalue weighted by atomic mass is 10.1. The van der Waals surface area contributed by atoms with Crippen LogP contribution in [0.25, 0.3) is 5.95 Å². The third kappa shape index (κ3) is 4.51. The molecule has 0 spiro atoms. The molecule has 0 unspecified atom stereocenters. The maximum absolute atomic E-state index is 9.88. The third-order valence-electron chi connectivity index (χ3n) is 5.21. The van der Waals surface area contributed by atoms with Crippen LogP contribution in [0.2, 0.25) is 0 Å². The number of hydrogen-bond donors (Lipinski definition) is 2. The highest BCUT2D eigenvalue weighted by Gasteiger charge is 2.20. The number of hydrogen-bond acceptors (Lipinski definition) is 10. The van der Waals surface area contributed by atoms with Crippen molar-refractivity contribution < 1.29 is 0 Å². The van der Waals surface area contributed by atoms with Gasteiger partial charge in [-0.05, 0) is 39.0 Å². The van der Waals surface area contributed by atoms with Gasteiger partial charge in [0, 0.05) is 30.7 Å². The Morgan fingerprint density at radius 3 is 2.23 bits per heavy atom. The largest absolute Gasteiger partial charge is 0.371 e. The van der Waals surface area contributed by atoms with Crippen molar-refractivity contribution in [2.45, 2.75) is 20.8 Å². The predicted octanol–water partition coefficient (Wildman–Crippen LogP) is 4.93. The number of aromatic nitrogens is 5. The molecule has 0 amide bonds. The van der Waals surface area contributed by atoms with Crippen LogP contribution in [-0.4, -0.2) is 31.8 Å². The molecule has 0 aliphatic heterocycles. The number of rotatable bonds is 6. The molecule has 3 heterocycles. The maximum Gasteiger partial charge on any atom is 0.252 e. The van der Waals surface area contributed by atoms with Crippen LogP contribution in [0.3, 0.4) is 0 Å². The highest BCUT2D eigenvalue weighted by molar-refractivity contribution is 5.76. The summed E-state index contributed by atoms with van der Waals surface area (Å²) in [5, 5.41) is 38.8. The standard InChI is InChI=1S/C24H21N11/c1-14-6-8-17(9-7-14)30-21-18(12-25)15(2)20(22(27-4)31-21)32-33-23-19(13-26)16(3)34-35(23)24-28-10-5-11-29-24/h5-11H,1-4H3,(H2,27,30,31)/b33-32+. The molecule has 0 bridgehead atoms. The smallest absolute Gasteiger partial charge is 0.252 e. The summed E-state index contributed by atoms with van der Waals surface area (Å²) in [5.41, 5.74) is 3.90. The summed E-state index contributed by atoms with van der Waals surface area (Å²) in [4.78, 5) is 13.0. The average molecular weight is 464 g/mol. The van der Waals surface area contributed by atoms with Crippen molar-refractivity contribution in [2.24, 2.45) is 10.2 Å². The minimum absolute atomic E-state index is 0.179. The van der Waals surface area contributed by atoms with E-state index in [0.717, 1.165) is 11.3 Å². The Bertz CT molecular complexity index is 1490. The van der Waals surface area contributed by atoms with Crippen LogP contribution in [-0.2, 0) is 0 Å². The van der Waals surface area contributed by atoms with Crippen LogP contribution in [0.1, 0.15) is 27.9 Å². The Morgan fingerprint density at radius 2 is 1.60 bits per heavy atom. The number of anilines is 3. The van der Waals surface area contributed by atoms with Crippen LogP contribution >= 0.6 is 0 Å². The molecule has 0 atom stereocenters. The van der Waals surface area contributed by atoms with E-state index in [1.165, 1.54) is 4.68 Å². The minimum Gasteiger partial charge on any atom is -0.371 e. The summed E-state index contributed by atoms with van der Waals surface area (Å²) < 4.78 is 1.36. The normalized spacial score (nSPS) is 10.7. The van der Waals surface area contributed by atoms with Gasteiger partial charge in [-0.25, -0.2) is 15.0 Å². The molecule has 4 aromatic rings. The van der Waals surface area contributed by atoms with Gasteiger partial charge in [0.2, 0.25) is 0 Å². The first-order valence-corrected chi connectivity index (χ1v) is 10.6. The molecule has 4 rings (SSSR count). The second-order valence-electron chi connectivity index (χ2n) is 7.57. The van der Waals surface area contributed by atoms with Crippen LogP contribution in [0.4, 0.5) is 28.8 Å². The topological polar surface area (TPSA) is 153 Å². The highest BCUT2D eigenvalue weighted by atomic mass is 15.4. The van der Waals surface area contributed by atoms with E-state index in [0.29, 0.717) is 34.1 Å². The zero-order valence-corrected chi connectivity index (χ0v) is 19.6. The first-order valence-electron chi connectivity index (χ1n) is 10.6. The van der Waals surface area contributed by atoms with Crippen LogP contribution < -0.4 is 10.6 Å². The molecule has 0 aliphatic carbocycles. The quantitative estimate of drug-likeness (QED) is 0.382.